The molecule has 0 amide bonds. The van der Waals surface area contributed by atoms with Gasteiger partial charge < -0.3 is 4.74 Å². The molecular weight excluding hydrogens is 572 g/mol. The molecule has 42 heavy (non-hydrogen) atoms. The molecule has 5 aromatic rings. The Bertz CT molecular complexity index is 2070. The summed E-state index contributed by atoms with van der Waals surface area (Å²) in [5.41, 5.74) is 2.27. The SMILES string of the molecule is COC(=O)C(C)(C)C#Cc1cccc(-c2c(-c3ccsc3C#N)c3cc(F)ccc3n2S(=O)(=O)c2ccc(C)cc2)c1. The lowest BCUT2D eigenvalue weighted by Crippen LogP contribution is -2.23. The molecule has 0 unspecified atom stereocenters. The summed E-state index contributed by atoms with van der Waals surface area (Å²) in [5.74, 6) is 4.91. The summed E-state index contributed by atoms with van der Waals surface area (Å²) in [6.07, 6.45) is 0. The molecule has 0 fully saturated rings. The maximum absolute atomic E-state index is 14.7. The number of hydrogen-bond donors (Lipinski definition) is 0. The number of hydrogen-bond acceptors (Lipinski definition) is 6. The summed E-state index contributed by atoms with van der Waals surface area (Å²) < 4.78 is 49.5. The first-order valence-electron chi connectivity index (χ1n) is 12.8. The molecule has 2 aromatic heterocycles. The molecule has 0 radical (unpaired) electrons. The zero-order valence-corrected chi connectivity index (χ0v) is 24.9. The van der Waals surface area contributed by atoms with E-state index in [1.165, 1.54) is 52.8 Å². The number of aryl methyl sites for hydroxylation is 1. The number of halogens is 1. The van der Waals surface area contributed by atoms with Crippen LogP contribution < -0.4 is 0 Å². The number of nitrogens with zero attached hydrogens (tertiary/aromatic N) is 2. The van der Waals surface area contributed by atoms with Gasteiger partial charge in [0.05, 0.1) is 23.2 Å². The predicted molar refractivity (Wildman–Crippen MR) is 162 cm³/mol. The third-order valence-electron chi connectivity index (χ3n) is 6.83. The van der Waals surface area contributed by atoms with E-state index in [4.69, 9.17) is 4.74 Å². The Labute approximate surface area is 247 Å². The number of ether oxygens (including phenoxy) is 1. The van der Waals surface area contributed by atoms with E-state index in [0.717, 1.165) is 5.56 Å². The van der Waals surface area contributed by atoms with Crippen LogP contribution in [0.5, 0.6) is 0 Å². The third-order valence-corrected chi connectivity index (χ3v) is 9.38. The zero-order chi connectivity index (χ0) is 30.2. The van der Waals surface area contributed by atoms with E-state index in [2.05, 4.69) is 17.9 Å². The lowest BCUT2D eigenvalue weighted by molar-refractivity contribution is -0.147. The van der Waals surface area contributed by atoms with Crippen LogP contribution in [0.25, 0.3) is 33.3 Å². The highest BCUT2D eigenvalue weighted by atomic mass is 32.2. The average molecular weight is 597 g/mol. The van der Waals surface area contributed by atoms with Gasteiger partial charge in [0, 0.05) is 27.6 Å². The normalized spacial score (nSPS) is 11.5. The van der Waals surface area contributed by atoms with Crippen LogP contribution in [-0.2, 0) is 19.6 Å². The quantitative estimate of drug-likeness (QED) is 0.159. The van der Waals surface area contributed by atoms with Gasteiger partial charge in [0.15, 0.2) is 0 Å². The highest BCUT2D eigenvalue weighted by Gasteiger charge is 2.30. The second-order valence-electron chi connectivity index (χ2n) is 10.2. The van der Waals surface area contributed by atoms with Crippen molar-refractivity contribution in [2.75, 3.05) is 7.11 Å². The molecular formula is C33H25FN2O4S2. The molecule has 0 saturated carbocycles. The van der Waals surface area contributed by atoms with Crippen LogP contribution in [0.4, 0.5) is 4.39 Å². The highest BCUT2D eigenvalue weighted by molar-refractivity contribution is 7.90. The molecule has 0 spiro atoms. The van der Waals surface area contributed by atoms with Gasteiger partial charge in [-0.05, 0) is 74.7 Å². The van der Waals surface area contributed by atoms with E-state index in [1.54, 1.807) is 61.7 Å². The van der Waals surface area contributed by atoms with Gasteiger partial charge in [-0.2, -0.15) is 5.26 Å². The molecule has 0 aliphatic carbocycles. The first-order chi connectivity index (χ1) is 20.0. The number of thiophene rings is 1. The van der Waals surface area contributed by atoms with E-state index in [-0.39, 0.29) is 16.1 Å². The largest absolute Gasteiger partial charge is 0.468 e. The minimum atomic E-state index is -4.21. The van der Waals surface area contributed by atoms with Gasteiger partial charge in [-0.25, -0.2) is 16.8 Å². The molecule has 0 saturated heterocycles. The molecule has 5 rings (SSSR count). The van der Waals surface area contributed by atoms with Gasteiger partial charge in [0.25, 0.3) is 10.0 Å². The Morgan fingerprint density at radius 3 is 2.48 bits per heavy atom. The van der Waals surface area contributed by atoms with Gasteiger partial charge in [-0.15, -0.1) is 11.3 Å². The number of fused-ring (bicyclic) bond motifs is 1. The summed E-state index contributed by atoms with van der Waals surface area (Å²) in [5, 5.41) is 12.0. The van der Waals surface area contributed by atoms with Crippen molar-refractivity contribution in [2.45, 2.75) is 25.7 Å². The summed E-state index contributed by atoms with van der Waals surface area (Å²) in [4.78, 5) is 12.6. The smallest absolute Gasteiger partial charge is 0.323 e. The number of esters is 1. The van der Waals surface area contributed by atoms with Gasteiger partial charge in [-0.1, -0.05) is 41.7 Å². The van der Waals surface area contributed by atoms with Crippen molar-refractivity contribution < 1.29 is 22.3 Å². The van der Waals surface area contributed by atoms with Crippen molar-refractivity contribution in [1.29, 1.82) is 5.26 Å². The van der Waals surface area contributed by atoms with Crippen molar-refractivity contribution in [3.8, 4) is 40.3 Å². The van der Waals surface area contributed by atoms with E-state index in [0.29, 0.717) is 32.5 Å². The molecule has 0 N–H and O–H groups in total. The van der Waals surface area contributed by atoms with Crippen molar-refractivity contribution >= 4 is 38.2 Å². The van der Waals surface area contributed by atoms with Crippen LogP contribution in [0.1, 0.15) is 29.9 Å². The molecule has 0 atom stereocenters. The monoisotopic (exact) mass is 596 g/mol. The fraction of sp³-hybridized carbons (Fsp3) is 0.152. The predicted octanol–water partition coefficient (Wildman–Crippen LogP) is 7.14. The summed E-state index contributed by atoms with van der Waals surface area (Å²) in [7, 11) is -2.91. The van der Waals surface area contributed by atoms with Crippen LogP contribution >= 0.6 is 11.3 Å². The fourth-order valence-electron chi connectivity index (χ4n) is 4.71. The molecule has 0 aliphatic heterocycles. The molecule has 9 heteroatoms. The van der Waals surface area contributed by atoms with Gasteiger partial charge in [0.1, 0.15) is 22.2 Å². The van der Waals surface area contributed by atoms with Gasteiger partial charge >= 0.3 is 5.97 Å². The van der Waals surface area contributed by atoms with E-state index < -0.39 is 27.2 Å². The Morgan fingerprint density at radius 1 is 1.05 bits per heavy atom. The summed E-state index contributed by atoms with van der Waals surface area (Å²) in [6, 6.07) is 21.3. The van der Waals surface area contributed by atoms with Crippen LogP contribution in [0.15, 0.2) is 83.1 Å². The molecule has 0 aliphatic rings. The molecule has 3 aromatic carbocycles. The Balaban J connectivity index is 1.88. The van der Waals surface area contributed by atoms with Crippen LogP contribution in [0, 0.1) is 41.3 Å². The summed E-state index contributed by atoms with van der Waals surface area (Å²) >= 11 is 1.21. The third kappa shape index (κ3) is 5.09. The number of nitriles is 1. The molecule has 6 nitrogen and oxygen atoms in total. The molecule has 2 heterocycles. The molecule has 0 bridgehead atoms. The number of aromatic nitrogens is 1. The number of carbonyl (C=O) groups is 1. The second-order valence-corrected chi connectivity index (χ2v) is 12.9. The highest BCUT2D eigenvalue weighted by Crippen LogP contribution is 2.45. The number of rotatable bonds is 5. The molecule has 210 valence electrons. The summed E-state index contributed by atoms with van der Waals surface area (Å²) in [6.45, 7) is 5.16. The zero-order valence-electron chi connectivity index (χ0n) is 23.2. The number of methoxy groups -OCH3 is 1. The van der Waals surface area contributed by atoms with E-state index in [1.807, 2.05) is 6.92 Å². The van der Waals surface area contributed by atoms with Crippen LogP contribution in [0.3, 0.4) is 0 Å². The minimum absolute atomic E-state index is 0.0590. The number of carbonyl (C=O) groups excluding carboxylic acids is 1. The average Bonchev–Trinajstić information content (AvgIpc) is 3.58. The first-order valence-corrected chi connectivity index (χ1v) is 15.2. The Hall–Kier alpha value is -4.70. The van der Waals surface area contributed by atoms with E-state index in [9.17, 15) is 22.9 Å². The maximum Gasteiger partial charge on any atom is 0.323 e. The van der Waals surface area contributed by atoms with Crippen molar-refractivity contribution in [3.63, 3.8) is 0 Å². The Morgan fingerprint density at radius 2 is 1.79 bits per heavy atom. The second kappa shape index (κ2) is 10.9. The lowest BCUT2D eigenvalue weighted by Gasteiger charge is -2.15. The van der Waals surface area contributed by atoms with E-state index >= 15 is 0 Å². The van der Waals surface area contributed by atoms with Crippen LogP contribution in [-0.4, -0.2) is 25.5 Å². The Kier molecular flexibility index (Phi) is 7.51. The maximum atomic E-state index is 14.7. The van der Waals surface area contributed by atoms with Crippen LogP contribution in [0.2, 0.25) is 0 Å². The van der Waals surface area contributed by atoms with Crippen molar-refractivity contribution in [2.24, 2.45) is 5.41 Å². The first kappa shape index (κ1) is 28.8. The topological polar surface area (TPSA) is 89.2 Å². The minimum Gasteiger partial charge on any atom is -0.468 e. The van der Waals surface area contributed by atoms with Crippen molar-refractivity contribution in [1.82, 2.24) is 3.97 Å². The lowest BCUT2D eigenvalue weighted by atomic mass is 9.94. The number of benzene rings is 3. The fourth-order valence-corrected chi connectivity index (χ4v) is 6.94. The standard InChI is InChI=1S/C33H25FN2O4S2/c1-21-8-11-25(12-9-21)42(38,39)36-28-13-10-24(34)19-27(28)30(26-15-17-41-29(26)20-35)31(36)23-7-5-6-22(18-23)14-16-33(2,3)32(37)40-4/h5-13,15,17-19H,1-4H3. The van der Waals surface area contributed by atoms with Gasteiger partial charge in [0.2, 0.25) is 0 Å². The van der Waals surface area contributed by atoms with Gasteiger partial charge in [-0.3, -0.25) is 4.79 Å². The van der Waals surface area contributed by atoms with Crippen molar-refractivity contribution in [3.05, 3.63) is 100.0 Å².